The van der Waals surface area contributed by atoms with Gasteiger partial charge in [0.05, 0.1) is 19.1 Å². The fraction of sp³-hybridized carbons (Fsp3) is 0.529. The molecule has 0 radical (unpaired) electrons. The highest BCUT2D eigenvalue weighted by Gasteiger charge is 2.31. The molecule has 1 aliphatic heterocycles. The second kappa shape index (κ2) is 7.97. The molecule has 1 aromatic rings. The summed E-state index contributed by atoms with van der Waals surface area (Å²) in [6, 6.07) is 7.57. The van der Waals surface area contributed by atoms with Crippen molar-refractivity contribution in [3.05, 3.63) is 29.8 Å². The SMILES string of the molecule is COc1ccc(CCNC(=O)[C@H](C)N2CC[C@H](C(N)=O)C2)cc1. The number of carbonyl (C=O) groups is 2. The molecule has 1 aromatic carbocycles. The zero-order valence-electron chi connectivity index (χ0n) is 13.7. The second-order valence-corrected chi connectivity index (χ2v) is 5.95. The minimum atomic E-state index is -0.278. The summed E-state index contributed by atoms with van der Waals surface area (Å²) >= 11 is 0. The summed E-state index contributed by atoms with van der Waals surface area (Å²) in [5.41, 5.74) is 6.47. The summed E-state index contributed by atoms with van der Waals surface area (Å²) in [5.74, 6) is 0.400. The smallest absolute Gasteiger partial charge is 0.237 e. The number of rotatable bonds is 7. The summed E-state index contributed by atoms with van der Waals surface area (Å²) in [7, 11) is 1.64. The minimum absolute atomic E-state index is 0.0105. The topological polar surface area (TPSA) is 84.7 Å². The first kappa shape index (κ1) is 17.3. The number of nitrogens with zero attached hydrogens (tertiary/aromatic N) is 1. The molecule has 0 spiro atoms. The number of likely N-dealkylation sites (tertiary alicyclic amines) is 1. The first-order chi connectivity index (χ1) is 11.0. The number of nitrogens with one attached hydrogen (secondary N) is 1. The fourth-order valence-corrected chi connectivity index (χ4v) is 2.81. The van der Waals surface area contributed by atoms with E-state index in [1.807, 2.05) is 36.1 Å². The molecule has 0 aromatic heterocycles. The van der Waals surface area contributed by atoms with Crippen LogP contribution in [0.15, 0.2) is 24.3 Å². The largest absolute Gasteiger partial charge is 0.497 e. The maximum atomic E-state index is 12.2. The van der Waals surface area contributed by atoms with Crippen LogP contribution in [0.1, 0.15) is 18.9 Å². The minimum Gasteiger partial charge on any atom is -0.497 e. The first-order valence-corrected chi connectivity index (χ1v) is 7.95. The molecule has 3 N–H and O–H groups in total. The normalized spacial score (nSPS) is 19.3. The molecule has 0 bridgehead atoms. The van der Waals surface area contributed by atoms with Gasteiger partial charge in [-0.05, 0) is 44.0 Å². The number of primary amides is 1. The van der Waals surface area contributed by atoms with E-state index in [0.717, 1.165) is 30.7 Å². The van der Waals surface area contributed by atoms with Crippen molar-refractivity contribution >= 4 is 11.8 Å². The Morgan fingerprint density at radius 1 is 1.39 bits per heavy atom. The van der Waals surface area contributed by atoms with E-state index in [1.165, 1.54) is 0 Å². The van der Waals surface area contributed by atoms with Gasteiger partial charge in [-0.2, -0.15) is 0 Å². The van der Waals surface area contributed by atoms with Crippen LogP contribution in [0, 0.1) is 5.92 Å². The van der Waals surface area contributed by atoms with Gasteiger partial charge in [0, 0.05) is 13.1 Å². The van der Waals surface area contributed by atoms with Gasteiger partial charge in [0.25, 0.3) is 0 Å². The Balaban J connectivity index is 1.74. The van der Waals surface area contributed by atoms with Crippen LogP contribution in [0.2, 0.25) is 0 Å². The van der Waals surface area contributed by atoms with E-state index < -0.39 is 0 Å². The van der Waals surface area contributed by atoms with Crippen LogP contribution in [-0.2, 0) is 16.0 Å². The lowest BCUT2D eigenvalue weighted by Gasteiger charge is -2.23. The summed E-state index contributed by atoms with van der Waals surface area (Å²) < 4.78 is 5.12. The lowest BCUT2D eigenvalue weighted by molar-refractivity contribution is -0.126. The number of ether oxygens (including phenoxy) is 1. The Kier molecular flexibility index (Phi) is 5.98. The number of methoxy groups -OCH3 is 1. The highest BCUT2D eigenvalue weighted by atomic mass is 16.5. The van der Waals surface area contributed by atoms with E-state index >= 15 is 0 Å². The summed E-state index contributed by atoms with van der Waals surface area (Å²) in [5, 5.41) is 2.95. The predicted molar refractivity (Wildman–Crippen MR) is 88.0 cm³/mol. The van der Waals surface area contributed by atoms with Gasteiger partial charge in [-0.1, -0.05) is 12.1 Å². The van der Waals surface area contributed by atoms with Gasteiger partial charge >= 0.3 is 0 Å². The molecule has 6 heteroatoms. The van der Waals surface area contributed by atoms with Crippen LogP contribution in [0.25, 0.3) is 0 Å². The molecule has 2 rings (SSSR count). The van der Waals surface area contributed by atoms with Crippen molar-refractivity contribution in [1.82, 2.24) is 10.2 Å². The molecule has 0 unspecified atom stereocenters. The van der Waals surface area contributed by atoms with E-state index in [1.54, 1.807) is 7.11 Å². The summed E-state index contributed by atoms with van der Waals surface area (Å²) in [4.78, 5) is 25.4. The average Bonchev–Trinajstić information content (AvgIpc) is 3.05. The molecular weight excluding hydrogens is 294 g/mol. The Morgan fingerprint density at radius 2 is 2.09 bits per heavy atom. The Hall–Kier alpha value is -2.08. The summed E-state index contributed by atoms with van der Waals surface area (Å²) in [6.07, 6.45) is 1.51. The number of hydrogen-bond acceptors (Lipinski definition) is 4. The van der Waals surface area contributed by atoms with Crippen molar-refractivity contribution in [2.75, 3.05) is 26.7 Å². The highest BCUT2D eigenvalue weighted by Crippen LogP contribution is 2.18. The molecule has 2 amide bonds. The maximum absolute atomic E-state index is 12.2. The van der Waals surface area contributed by atoms with Gasteiger partial charge in [0.1, 0.15) is 5.75 Å². The highest BCUT2D eigenvalue weighted by molar-refractivity contribution is 5.82. The Morgan fingerprint density at radius 3 is 2.65 bits per heavy atom. The van der Waals surface area contributed by atoms with Gasteiger partial charge in [0.15, 0.2) is 0 Å². The summed E-state index contributed by atoms with van der Waals surface area (Å²) in [6.45, 7) is 3.76. The van der Waals surface area contributed by atoms with Crippen LogP contribution >= 0.6 is 0 Å². The standard InChI is InChI=1S/C17H25N3O3/c1-12(20-10-8-14(11-20)16(18)21)17(22)19-9-7-13-3-5-15(23-2)6-4-13/h3-6,12,14H,7-11H2,1-2H3,(H2,18,21)(H,19,22)/t12-,14-/m0/s1. The zero-order chi connectivity index (χ0) is 16.8. The third kappa shape index (κ3) is 4.69. The predicted octanol–water partition coefficient (Wildman–Crippen LogP) is 0.550. The van der Waals surface area contributed by atoms with E-state index in [4.69, 9.17) is 10.5 Å². The Labute approximate surface area is 137 Å². The van der Waals surface area contributed by atoms with Crippen LogP contribution < -0.4 is 15.8 Å². The molecule has 126 valence electrons. The molecule has 6 nitrogen and oxygen atoms in total. The number of nitrogens with two attached hydrogens (primary N) is 1. The molecule has 23 heavy (non-hydrogen) atoms. The van der Waals surface area contributed by atoms with Gasteiger partial charge in [-0.3, -0.25) is 14.5 Å². The van der Waals surface area contributed by atoms with Crippen molar-refractivity contribution in [2.24, 2.45) is 11.7 Å². The molecule has 1 aliphatic rings. The van der Waals surface area contributed by atoms with Crippen molar-refractivity contribution in [3.8, 4) is 5.75 Å². The first-order valence-electron chi connectivity index (χ1n) is 7.95. The lowest BCUT2D eigenvalue weighted by atomic mass is 10.1. The van der Waals surface area contributed by atoms with Gasteiger partial charge in [-0.25, -0.2) is 0 Å². The lowest BCUT2D eigenvalue weighted by Crippen LogP contribution is -2.45. The van der Waals surface area contributed by atoms with E-state index in [-0.39, 0.29) is 23.8 Å². The quantitative estimate of drug-likeness (QED) is 0.769. The van der Waals surface area contributed by atoms with Crippen molar-refractivity contribution in [1.29, 1.82) is 0 Å². The number of benzene rings is 1. The van der Waals surface area contributed by atoms with Crippen LogP contribution in [0.5, 0.6) is 5.75 Å². The van der Waals surface area contributed by atoms with E-state index in [0.29, 0.717) is 13.1 Å². The average molecular weight is 319 g/mol. The molecule has 1 heterocycles. The molecule has 0 saturated carbocycles. The van der Waals surface area contributed by atoms with Crippen LogP contribution in [0.4, 0.5) is 0 Å². The second-order valence-electron chi connectivity index (χ2n) is 5.95. The van der Waals surface area contributed by atoms with Crippen molar-refractivity contribution < 1.29 is 14.3 Å². The number of amides is 2. The van der Waals surface area contributed by atoms with Crippen LogP contribution in [-0.4, -0.2) is 49.5 Å². The van der Waals surface area contributed by atoms with Crippen LogP contribution in [0.3, 0.4) is 0 Å². The fourth-order valence-electron chi connectivity index (χ4n) is 2.81. The number of hydrogen-bond donors (Lipinski definition) is 2. The van der Waals surface area contributed by atoms with E-state index in [2.05, 4.69) is 5.32 Å². The third-order valence-corrected chi connectivity index (χ3v) is 4.42. The molecular formula is C17H25N3O3. The Bertz CT molecular complexity index is 545. The van der Waals surface area contributed by atoms with Crippen molar-refractivity contribution in [2.45, 2.75) is 25.8 Å². The third-order valence-electron chi connectivity index (χ3n) is 4.42. The number of carbonyl (C=O) groups excluding carboxylic acids is 2. The molecule has 2 atom stereocenters. The molecule has 1 fully saturated rings. The molecule has 0 aliphatic carbocycles. The molecule has 1 saturated heterocycles. The van der Waals surface area contributed by atoms with Gasteiger partial charge in [-0.15, -0.1) is 0 Å². The van der Waals surface area contributed by atoms with Gasteiger partial charge < -0.3 is 15.8 Å². The zero-order valence-corrected chi connectivity index (χ0v) is 13.7. The van der Waals surface area contributed by atoms with Gasteiger partial charge in [0.2, 0.25) is 11.8 Å². The monoisotopic (exact) mass is 319 g/mol. The van der Waals surface area contributed by atoms with Crippen molar-refractivity contribution in [3.63, 3.8) is 0 Å². The van der Waals surface area contributed by atoms with E-state index in [9.17, 15) is 9.59 Å². The maximum Gasteiger partial charge on any atom is 0.237 e.